The summed E-state index contributed by atoms with van der Waals surface area (Å²) in [5.74, 6) is 0.339. The summed E-state index contributed by atoms with van der Waals surface area (Å²) in [6.45, 7) is 1.53. The van der Waals surface area contributed by atoms with Gasteiger partial charge in [0.15, 0.2) is 0 Å². The highest BCUT2D eigenvalue weighted by Gasteiger charge is 2.35. The normalized spacial score (nSPS) is 19.5. The lowest BCUT2D eigenvalue weighted by atomic mass is 9.84. The van der Waals surface area contributed by atoms with E-state index in [0.29, 0.717) is 26.1 Å². The first-order valence-corrected chi connectivity index (χ1v) is 9.18. The Morgan fingerprint density at radius 2 is 2.08 bits per heavy atom. The molecule has 4 rings (SSSR count). The summed E-state index contributed by atoms with van der Waals surface area (Å²) in [5, 5.41) is 7.28. The van der Waals surface area contributed by atoms with Gasteiger partial charge in [-0.3, -0.25) is 19.3 Å². The van der Waals surface area contributed by atoms with Crippen LogP contribution in [0, 0.1) is 5.92 Å². The van der Waals surface area contributed by atoms with E-state index in [1.54, 1.807) is 12.4 Å². The van der Waals surface area contributed by atoms with Crippen LogP contribution in [0.3, 0.4) is 0 Å². The van der Waals surface area contributed by atoms with Crippen LogP contribution in [0.4, 0.5) is 0 Å². The van der Waals surface area contributed by atoms with Crippen molar-refractivity contribution in [1.29, 1.82) is 0 Å². The van der Waals surface area contributed by atoms with Crippen molar-refractivity contribution in [3.05, 3.63) is 48.0 Å². The lowest BCUT2D eigenvalue weighted by Gasteiger charge is -2.37. The summed E-state index contributed by atoms with van der Waals surface area (Å²) in [5.41, 5.74) is 1.82. The van der Waals surface area contributed by atoms with Crippen LogP contribution < -0.4 is 5.32 Å². The van der Waals surface area contributed by atoms with Crippen LogP contribution in [0.2, 0.25) is 0 Å². The Bertz CT molecular complexity index is 784. The molecule has 7 nitrogen and oxygen atoms in total. The Kier molecular flexibility index (Phi) is 4.69. The largest absolute Gasteiger partial charge is 0.350 e. The molecule has 0 aromatic carbocycles. The quantitative estimate of drug-likeness (QED) is 0.887. The Labute approximate surface area is 152 Å². The maximum absolute atomic E-state index is 12.6. The van der Waals surface area contributed by atoms with Gasteiger partial charge in [-0.1, -0.05) is 12.5 Å². The van der Waals surface area contributed by atoms with Gasteiger partial charge < -0.3 is 10.2 Å². The number of amides is 2. The Hall–Kier alpha value is -2.70. The molecule has 2 amide bonds. The highest BCUT2D eigenvalue weighted by molar-refractivity contribution is 5.80. The molecule has 1 aliphatic heterocycles. The molecule has 0 spiro atoms. The third-order valence-corrected chi connectivity index (χ3v) is 5.26. The average molecular weight is 353 g/mol. The Morgan fingerprint density at radius 1 is 1.19 bits per heavy atom. The summed E-state index contributed by atoms with van der Waals surface area (Å²) < 4.78 is 1.89. The van der Waals surface area contributed by atoms with Crippen LogP contribution >= 0.6 is 0 Å². The minimum atomic E-state index is -0.124. The van der Waals surface area contributed by atoms with Gasteiger partial charge in [0.1, 0.15) is 0 Å². The number of carbonyl (C=O) groups excluding carboxylic acids is 2. The van der Waals surface area contributed by atoms with E-state index in [-0.39, 0.29) is 23.8 Å². The van der Waals surface area contributed by atoms with Gasteiger partial charge in [-0.05, 0) is 31.0 Å². The van der Waals surface area contributed by atoms with Gasteiger partial charge in [0.05, 0.1) is 36.9 Å². The molecule has 26 heavy (non-hydrogen) atoms. The van der Waals surface area contributed by atoms with Gasteiger partial charge in [0, 0.05) is 24.9 Å². The van der Waals surface area contributed by atoms with E-state index in [1.807, 2.05) is 33.8 Å². The van der Waals surface area contributed by atoms with E-state index in [1.165, 1.54) is 0 Å². The second kappa shape index (κ2) is 7.27. The van der Waals surface area contributed by atoms with Crippen LogP contribution in [0.5, 0.6) is 0 Å². The highest BCUT2D eigenvalue weighted by Crippen LogP contribution is 2.31. The third-order valence-electron chi connectivity index (χ3n) is 5.26. The summed E-state index contributed by atoms with van der Waals surface area (Å²) in [6, 6.07) is 7.43. The highest BCUT2D eigenvalue weighted by atomic mass is 16.2. The zero-order valence-corrected chi connectivity index (χ0v) is 14.7. The molecule has 2 aliphatic rings. The molecule has 1 N–H and O–H groups in total. The molecule has 0 unspecified atom stereocenters. The number of rotatable bonds is 5. The first-order chi connectivity index (χ1) is 12.7. The fourth-order valence-electron chi connectivity index (χ4n) is 3.60. The summed E-state index contributed by atoms with van der Waals surface area (Å²) in [6.07, 6.45) is 6.87. The molecule has 1 saturated carbocycles. The lowest BCUT2D eigenvalue weighted by Crippen LogP contribution is -2.46. The van der Waals surface area contributed by atoms with Gasteiger partial charge in [0.25, 0.3) is 0 Å². The van der Waals surface area contributed by atoms with Gasteiger partial charge in [-0.25, -0.2) is 0 Å². The van der Waals surface area contributed by atoms with Crippen LogP contribution in [0.15, 0.2) is 36.7 Å². The molecule has 1 fully saturated rings. The predicted octanol–water partition coefficient (Wildman–Crippen LogP) is 1.67. The van der Waals surface area contributed by atoms with E-state index in [4.69, 9.17) is 0 Å². The van der Waals surface area contributed by atoms with E-state index in [0.717, 1.165) is 30.7 Å². The maximum atomic E-state index is 12.6. The Balaban J connectivity index is 1.39. The first-order valence-electron chi connectivity index (χ1n) is 9.18. The average Bonchev–Trinajstić information content (AvgIpc) is 3.08. The van der Waals surface area contributed by atoms with Gasteiger partial charge in [0.2, 0.25) is 11.8 Å². The molecule has 0 saturated heterocycles. The van der Waals surface area contributed by atoms with Crippen molar-refractivity contribution >= 4 is 11.8 Å². The number of pyridine rings is 1. The van der Waals surface area contributed by atoms with Crippen molar-refractivity contribution in [2.75, 3.05) is 6.54 Å². The van der Waals surface area contributed by atoms with E-state index >= 15 is 0 Å². The zero-order chi connectivity index (χ0) is 17.9. The van der Waals surface area contributed by atoms with Gasteiger partial charge in [-0.15, -0.1) is 0 Å². The fraction of sp³-hybridized carbons (Fsp3) is 0.474. The van der Waals surface area contributed by atoms with Crippen LogP contribution in [0.25, 0.3) is 0 Å². The minimum absolute atomic E-state index is 0.0555. The van der Waals surface area contributed by atoms with Crippen molar-refractivity contribution in [2.45, 2.75) is 44.8 Å². The molecule has 136 valence electrons. The zero-order valence-electron chi connectivity index (χ0n) is 14.7. The molecule has 7 heteroatoms. The lowest BCUT2D eigenvalue weighted by molar-refractivity contribution is -0.141. The van der Waals surface area contributed by atoms with Crippen molar-refractivity contribution in [1.82, 2.24) is 25.0 Å². The second-order valence-corrected chi connectivity index (χ2v) is 7.07. The van der Waals surface area contributed by atoms with Crippen molar-refractivity contribution < 1.29 is 9.59 Å². The number of nitrogens with one attached hydrogen (secondary N) is 1. The number of aromatic nitrogens is 3. The smallest absolute Gasteiger partial charge is 0.226 e. The molecule has 1 aliphatic carbocycles. The van der Waals surface area contributed by atoms with Crippen molar-refractivity contribution in [2.24, 2.45) is 5.92 Å². The molecule has 1 atom stereocenters. The number of hydrogen-bond donors (Lipinski definition) is 1. The molecular weight excluding hydrogens is 330 g/mol. The number of fused-ring (bicyclic) bond motifs is 1. The van der Waals surface area contributed by atoms with Crippen LogP contribution in [0.1, 0.15) is 43.1 Å². The van der Waals surface area contributed by atoms with Crippen LogP contribution in [-0.4, -0.2) is 38.0 Å². The molecule has 2 aromatic heterocycles. The molecule has 0 bridgehead atoms. The predicted molar refractivity (Wildman–Crippen MR) is 94.7 cm³/mol. The van der Waals surface area contributed by atoms with Crippen molar-refractivity contribution in [3.63, 3.8) is 0 Å². The fourth-order valence-corrected chi connectivity index (χ4v) is 3.60. The second-order valence-electron chi connectivity index (χ2n) is 7.07. The Morgan fingerprint density at radius 3 is 2.81 bits per heavy atom. The van der Waals surface area contributed by atoms with E-state index < -0.39 is 0 Å². The third kappa shape index (κ3) is 3.47. The molecule has 0 radical (unpaired) electrons. The van der Waals surface area contributed by atoms with E-state index in [9.17, 15) is 9.59 Å². The topological polar surface area (TPSA) is 80.1 Å². The number of nitrogens with zero attached hydrogens (tertiary/aromatic N) is 4. The monoisotopic (exact) mass is 353 g/mol. The first kappa shape index (κ1) is 16.8. The summed E-state index contributed by atoms with van der Waals surface area (Å²) in [4.78, 5) is 31.2. The number of hydrogen-bond acceptors (Lipinski definition) is 4. The van der Waals surface area contributed by atoms with Gasteiger partial charge >= 0.3 is 0 Å². The maximum Gasteiger partial charge on any atom is 0.226 e. The standard InChI is InChI=1S/C19H23N5O2/c25-18(21-11-15-6-1-2-8-20-15)10-17-13-23(19(26)14-4-3-5-14)12-16-7-9-22-24(16)17/h1-2,6-9,14,17H,3-5,10-13H2,(H,21,25)/t17-/m0/s1. The van der Waals surface area contributed by atoms with Crippen LogP contribution in [-0.2, 0) is 22.7 Å². The summed E-state index contributed by atoms with van der Waals surface area (Å²) >= 11 is 0. The minimum Gasteiger partial charge on any atom is -0.350 e. The summed E-state index contributed by atoms with van der Waals surface area (Å²) in [7, 11) is 0. The molecular formula is C19H23N5O2. The molecule has 2 aromatic rings. The number of carbonyl (C=O) groups is 2. The van der Waals surface area contributed by atoms with Crippen molar-refractivity contribution in [3.8, 4) is 0 Å². The molecule has 3 heterocycles. The van der Waals surface area contributed by atoms with E-state index in [2.05, 4.69) is 15.4 Å². The SMILES string of the molecule is O=C(C[C@H]1CN(C(=O)C2CCC2)Cc2ccnn21)NCc1ccccn1. The van der Waals surface area contributed by atoms with Gasteiger partial charge in [-0.2, -0.15) is 5.10 Å².